The number of pyridine rings is 1. The highest BCUT2D eigenvalue weighted by Crippen LogP contribution is 2.32. The van der Waals surface area contributed by atoms with Crippen LogP contribution in [0.4, 0.5) is 0 Å². The van der Waals surface area contributed by atoms with Crippen LogP contribution in [0.5, 0.6) is 0 Å². The maximum atomic E-state index is 13.4. The third kappa shape index (κ3) is 6.04. The Balaban J connectivity index is 1.42. The van der Waals surface area contributed by atoms with Gasteiger partial charge in [0.25, 0.3) is 5.91 Å². The van der Waals surface area contributed by atoms with Crippen molar-refractivity contribution in [2.24, 2.45) is 17.8 Å². The minimum absolute atomic E-state index is 0.108. The zero-order chi connectivity index (χ0) is 27.2. The molecular formula is C29H32N4O5. The van der Waals surface area contributed by atoms with Crippen LogP contribution in [0.15, 0.2) is 61.3 Å². The van der Waals surface area contributed by atoms with E-state index in [0.717, 1.165) is 36.8 Å². The molecule has 2 aliphatic rings. The third-order valence-electron chi connectivity index (χ3n) is 7.35. The molecule has 2 aromatic rings. The van der Waals surface area contributed by atoms with Gasteiger partial charge in [0.15, 0.2) is 5.78 Å². The molecule has 2 fully saturated rings. The van der Waals surface area contributed by atoms with E-state index >= 15 is 0 Å². The fraction of sp³-hybridized carbons (Fsp3) is 0.379. The van der Waals surface area contributed by atoms with Gasteiger partial charge in [0.05, 0.1) is 24.4 Å². The van der Waals surface area contributed by atoms with Crippen molar-refractivity contribution in [1.29, 1.82) is 0 Å². The molecule has 4 amide bonds. The molecular weight excluding hydrogens is 484 g/mol. The standard InChI is InChI=1S/C29H32N4O5/c1-3-21(31-28(37)22-15-20(13-14-30-22)18-9-5-4-6-10-18)16-23(34)32-25(19-11-7-8-12-19)26(35)24-17(2)27(36)33-29(24)38/h3-6,9-10,13-15,17,19,21,24-25H,1,7-8,11-12,16H2,2H3,(H,31,37)(H,32,34)(H,33,36,38)/t17-,21+,24+,25-/m0/s1. The lowest BCUT2D eigenvalue weighted by atomic mass is 9.83. The highest BCUT2D eigenvalue weighted by Gasteiger charge is 2.47. The smallest absolute Gasteiger partial charge is 0.270 e. The molecule has 0 unspecified atom stereocenters. The number of carbonyl (C=O) groups excluding carboxylic acids is 5. The van der Waals surface area contributed by atoms with Crippen LogP contribution in [0, 0.1) is 17.8 Å². The summed E-state index contributed by atoms with van der Waals surface area (Å²) in [6.07, 6.45) is 6.21. The average Bonchev–Trinajstić information content (AvgIpc) is 3.54. The van der Waals surface area contributed by atoms with E-state index in [1.54, 1.807) is 19.2 Å². The van der Waals surface area contributed by atoms with Gasteiger partial charge < -0.3 is 10.6 Å². The Morgan fingerprint density at radius 3 is 2.39 bits per heavy atom. The summed E-state index contributed by atoms with van der Waals surface area (Å²) >= 11 is 0. The molecule has 3 N–H and O–H groups in total. The van der Waals surface area contributed by atoms with Gasteiger partial charge in [-0.15, -0.1) is 6.58 Å². The SMILES string of the molecule is C=C[C@H](CC(=O)N[C@H](C(=O)[C@@H]1C(=O)NC(=O)[C@H]1C)C1CCCC1)NC(=O)c1cc(-c2ccccc2)ccn1. The maximum Gasteiger partial charge on any atom is 0.270 e. The van der Waals surface area contributed by atoms with Crippen LogP contribution >= 0.6 is 0 Å². The molecule has 2 heterocycles. The van der Waals surface area contributed by atoms with Gasteiger partial charge in [0, 0.05) is 6.20 Å². The van der Waals surface area contributed by atoms with Gasteiger partial charge in [0.1, 0.15) is 11.6 Å². The van der Waals surface area contributed by atoms with Crippen molar-refractivity contribution in [3.63, 3.8) is 0 Å². The molecule has 0 radical (unpaired) electrons. The van der Waals surface area contributed by atoms with Crippen molar-refractivity contribution >= 4 is 29.4 Å². The zero-order valence-electron chi connectivity index (χ0n) is 21.3. The molecule has 9 nitrogen and oxygen atoms in total. The van der Waals surface area contributed by atoms with E-state index in [-0.39, 0.29) is 18.0 Å². The predicted molar refractivity (Wildman–Crippen MR) is 140 cm³/mol. The molecule has 0 spiro atoms. The summed E-state index contributed by atoms with van der Waals surface area (Å²) in [5.41, 5.74) is 1.97. The lowest BCUT2D eigenvalue weighted by Crippen LogP contribution is -2.51. The molecule has 1 saturated carbocycles. The number of nitrogens with one attached hydrogen (secondary N) is 3. The molecule has 1 aliphatic heterocycles. The Kier molecular flexibility index (Phi) is 8.45. The first-order valence-electron chi connectivity index (χ1n) is 12.9. The second kappa shape index (κ2) is 11.9. The van der Waals surface area contributed by atoms with Crippen molar-refractivity contribution < 1.29 is 24.0 Å². The predicted octanol–water partition coefficient (Wildman–Crippen LogP) is 2.58. The highest BCUT2D eigenvalue weighted by molar-refractivity contribution is 6.16. The maximum absolute atomic E-state index is 13.4. The minimum atomic E-state index is -1.12. The van der Waals surface area contributed by atoms with E-state index in [1.807, 2.05) is 36.4 Å². The van der Waals surface area contributed by atoms with E-state index in [2.05, 4.69) is 27.5 Å². The lowest BCUT2D eigenvalue weighted by Gasteiger charge is -2.27. The summed E-state index contributed by atoms with van der Waals surface area (Å²) in [4.78, 5) is 67.7. The van der Waals surface area contributed by atoms with Crippen molar-refractivity contribution in [2.45, 2.75) is 51.1 Å². The quantitative estimate of drug-likeness (QED) is 0.252. The topological polar surface area (TPSA) is 134 Å². The first-order chi connectivity index (χ1) is 18.3. The molecule has 38 heavy (non-hydrogen) atoms. The van der Waals surface area contributed by atoms with Gasteiger partial charge in [-0.1, -0.05) is 56.2 Å². The van der Waals surface area contributed by atoms with Gasteiger partial charge >= 0.3 is 0 Å². The van der Waals surface area contributed by atoms with Crippen molar-refractivity contribution in [3.8, 4) is 11.1 Å². The number of nitrogens with zero attached hydrogens (tertiary/aromatic N) is 1. The van der Waals surface area contributed by atoms with E-state index in [0.29, 0.717) is 0 Å². The van der Waals surface area contributed by atoms with Crippen LogP contribution in [-0.4, -0.2) is 46.5 Å². The van der Waals surface area contributed by atoms with Crippen LogP contribution in [0.25, 0.3) is 11.1 Å². The number of imide groups is 1. The third-order valence-corrected chi connectivity index (χ3v) is 7.35. The molecule has 4 atom stereocenters. The normalized spacial score (nSPS) is 20.9. The molecule has 1 saturated heterocycles. The van der Waals surface area contributed by atoms with Gasteiger partial charge in [-0.3, -0.25) is 34.3 Å². The Labute approximate surface area is 221 Å². The van der Waals surface area contributed by atoms with E-state index in [9.17, 15) is 24.0 Å². The molecule has 0 bridgehead atoms. The van der Waals surface area contributed by atoms with Gasteiger partial charge in [-0.25, -0.2) is 0 Å². The Bertz CT molecular complexity index is 1240. The fourth-order valence-electron chi connectivity index (χ4n) is 5.21. The summed E-state index contributed by atoms with van der Waals surface area (Å²) in [6, 6.07) is 11.5. The summed E-state index contributed by atoms with van der Waals surface area (Å²) in [5, 5.41) is 7.78. The van der Waals surface area contributed by atoms with Crippen LogP contribution in [0.3, 0.4) is 0 Å². The molecule has 1 aromatic carbocycles. The fourth-order valence-corrected chi connectivity index (χ4v) is 5.21. The van der Waals surface area contributed by atoms with Crippen molar-refractivity contribution in [1.82, 2.24) is 20.9 Å². The van der Waals surface area contributed by atoms with Gasteiger partial charge in [-0.05, 0) is 42.0 Å². The molecule has 4 rings (SSSR count). The number of amides is 4. The zero-order valence-corrected chi connectivity index (χ0v) is 21.3. The Morgan fingerprint density at radius 2 is 1.76 bits per heavy atom. The monoisotopic (exact) mass is 516 g/mol. The van der Waals surface area contributed by atoms with Gasteiger partial charge in [0.2, 0.25) is 17.7 Å². The second-order valence-electron chi connectivity index (χ2n) is 9.93. The number of hydrogen-bond donors (Lipinski definition) is 3. The summed E-state index contributed by atoms with van der Waals surface area (Å²) in [7, 11) is 0. The molecule has 9 heteroatoms. The average molecular weight is 517 g/mol. The highest BCUT2D eigenvalue weighted by atomic mass is 16.2. The lowest BCUT2D eigenvalue weighted by molar-refractivity contribution is -0.137. The van der Waals surface area contributed by atoms with E-state index in [1.165, 1.54) is 6.08 Å². The van der Waals surface area contributed by atoms with Crippen molar-refractivity contribution in [3.05, 3.63) is 67.0 Å². The first kappa shape index (κ1) is 26.9. The molecule has 1 aromatic heterocycles. The van der Waals surface area contributed by atoms with Crippen LogP contribution in [-0.2, 0) is 19.2 Å². The number of carbonyl (C=O) groups is 5. The largest absolute Gasteiger partial charge is 0.346 e. The van der Waals surface area contributed by atoms with E-state index < -0.39 is 53.3 Å². The number of benzene rings is 1. The number of Topliss-reactive ketones (excluding diaryl/α,β-unsaturated/α-hetero) is 1. The van der Waals surface area contributed by atoms with Crippen LogP contribution in [0.2, 0.25) is 0 Å². The summed E-state index contributed by atoms with van der Waals surface area (Å²) in [6.45, 7) is 5.28. The number of rotatable bonds is 10. The molecule has 198 valence electrons. The summed E-state index contributed by atoms with van der Waals surface area (Å²) < 4.78 is 0. The summed E-state index contributed by atoms with van der Waals surface area (Å²) in [5.74, 6) is -4.47. The minimum Gasteiger partial charge on any atom is -0.346 e. The number of ketones is 1. The van der Waals surface area contributed by atoms with Gasteiger partial charge in [-0.2, -0.15) is 0 Å². The van der Waals surface area contributed by atoms with Crippen LogP contribution < -0.4 is 16.0 Å². The number of aromatic nitrogens is 1. The first-order valence-corrected chi connectivity index (χ1v) is 12.9. The Hall–Kier alpha value is -4.14. The number of hydrogen-bond acceptors (Lipinski definition) is 6. The van der Waals surface area contributed by atoms with E-state index in [4.69, 9.17) is 0 Å². The van der Waals surface area contributed by atoms with Crippen LogP contribution in [0.1, 0.15) is 49.5 Å². The molecule has 1 aliphatic carbocycles. The van der Waals surface area contributed by atoms with Crippen molar-refractivity contribution in [2.75, 3.05) is 0 Å². The Morgan fingerprint density at radius 1 is 1.05 bits per heavy atom. The second-order valence-corrected chi connectivity index (χ2v) is 9.93.